The number of aryl methyl sites for hydroxylation is 4. The Labute approximate surface area is 186 Å². The molecule has 0 unspecified atom stereocenters. The molecule has 0 radical (unpaired) electrons. The Kier molecular flexibility index (Phi) is 6.40. The van der Waals surface area contributed by atoms with Crippen LogP contribution in [-0.4, -0.2) is 41.1 Å². The van der Waals surface area contributed by atoms with Gasteiger partial charge in [-0.1, -0.05) is 12.1 Å². The standard InChI is InChI=1S/C27H34N2O2/c1-16-11-17(2)21(6)26(20(16)5)24(30)13-28-9-10-29(15-28)14-25(31)27-22(7)18(3)12-19(4)23(27)8/h9-12H,13-15H2,1-8H3. The van der Waals surface area contributed by atoms with Crippen molar-refractivity contribution in [1.82, 2.24) is 9.80 Å². The molecule has 0 saturated heterocycles. The molecule has 0 atom stereocenters. The van der Waals surface area contributed by atoms with E-state index in [4.69, 9.17) is 0 Å². The maximum absolute atomic E-state index is 13.1. The Morgan fingerprint density at radius 2 is 0.903 bits per heavy atom. The number of Topliss-reactive ketones (excluding diaryl/α,β-unsaturated/α-hetero) is 2. The number of rotatable bonds is 6. The van der Waals surface area contributed by atoms with Gasteiger partial charge in [-0.3, -0.25) is 9.59 Å². The van der Waals surface area contributed by atoms with Gasteiger partial charge in [-0.2, -0.15) is 0 Å². The zero-order valence-corrected chi connectivity index (χ0v) is 20.1. The summed E-state index contributed by atoms with van der Waals surface area (Å²) in [6.07, 6.45) is 3.83. The molecule has 0 aliphatic carbocycles. The van der Waals surface area contributed by atoms with Gasteiger partial charge < -0.3 is 9.80 Å². The highest BCUT2D eigenvalue weighted by Gasteiger charge is 2.23. The van der Waals surface area contributed by atoms with E-state index < -0.39 is 0 Å². The van der Waals surface area contributed by atoms with E-state index in [0.717, 1.165) is 55.6 Å². The maximum Gasteiger partial charge on any atom is 0.182 e. The van der Waals surface area contributed by atoms with Gasteiger partial charge in [-0.25, -0.2) is 0 Å². The predicted molar refractivity (Wildman–Crippen MR) is 127 cm³/mol. The molecule has 0 fully saturated rings. The van der Waals surface area contributed by atoms with E-state index in [1.807, 2.05) is 49.9 Å². The summed E-state index contributed by atoms with van der Waals surface area (Å²) in [6.45, 7) is 17.5. The van der Waals surface area contributed by atoms with Gasteiger partial charge in [0, 0.05) is 23.5 Å². The minimum Gasteiger partial charge on any atom is -0.351 e. The smallest absolute Gasteiger partial charge is 0.182 e. The minimum atomic E-state index is 0.126. The van der Waals surface area contributed by atoms with Crippen molar-refractivity contribution >= 4 is 11.6 Å². The summed E-state index contributed by atoms with van der Waals surface area (Å²) in [5.74, 6) is 0.251. The summed E-state index contributed by atoms with van der Waals surface area (Å²) in [6, 6.07) is 4.28. The van der Waals surface area contributed by atoms with Crippen LogP contribution in [0.2, 0.25) is 0 Å². The lowest BCUT2D eigenvalue weighted by atomic mass is 9.91. The number of carbonyl (C=O) groups excluding carboxylic acids is 2. The molecule has 0 amide bonds. The van der Waals surface area contributed by atoms with Crippen LogP contribution >= 0.6 is 0 Å². The molecule has 0 N–H and O–H groups in total. The first kappa shape index (κ1) is 22.8. The second kappa shape index (κ2) is 8.70. The fourth-order valence-corrected chi connectivity index (χ4v) is 4.52. The zero-order valence-electron chi connectivity index (χ0n) is 20.1. The van der Waals surface area contributed by atoms with Crippen LogP contribution in [0.15, 0.2) is 24.5 Å². The summed E-state index contributed by atoms with van der Waals surface area (Å²) < 4.78 is 0. The molecule has 1 aliphatic rings. The molecule has 4 nitrogen and oxygen atoms in total. The van der Waals surface area contributed by atoms with Crippen molar-refractivity contribution in [3.63, 3.8) is 0 Å². The minimum absolute atomic E-state index is 0.126. The van der Waals surface area contributed by atoms with E-state index in [1.165, 1.54) is 0 Å². The lowest BCUT2D eigenvalue weighted by molar-refractivity contribution is 0.0919. The maximum atomic E-state index is 13.1. The molecule has 0 spiro atoms. The molecule has 0 saturated carbocycles. The average molecular weight is 419 g/mol. The van der Waals surface area contributed by atoms with Crippen molar-refractivity contribution in [1.29, 1.82) is 0 Å². The summed E-state index contributed by atoms with van der Waals surface area (Å²) in [5.41, 5.74) is 10.5. The van der Waals surface area contributed by atoms with Gasteiger partial charge in [0.15, 0.2) is 11.6 Å². The molecule has 3 rings (SSSR count). The fraction of sp³-hybridized carbons (Fsp3) is 0.407. The number of ketones is 2. The molecule has 4 heteroatoms. The summed E-state index contributed by atoms with van der Waals surface area (Å²) in [7, 11) is 0. The van der Waals surface area contributed by atoms with Gasteiger partial charge in [0.1, 0.15) is 0 Å². The van der Waals surface area contributed by atoms with Gasteiger partial charge in [-0.05, 0) is 99.9 Å². The van der Waals surface area contributed by atoms with Crippen LogP contribution in [0.3, 0.4) is 0 Å². The van der Waals surface area contributed by atoms with Gasteiger partial charge in [0.25, 0.3) is 0 Å². The van der Waals surface area contributed by atoms with Gasteiger partial charge >= 0.3 is 0 Å². The third-order valence-electron chi connectivity index (χ3n) is 6.83. The molecule has 2 aromatic carbocycles. The quantitative estimate of drug-likeness (QED) is 0.600. The first-order chi connectivity index (χ1) is 14.5. The average Bonchev–Trinajstić information content (AvgIpc) is 3.12. The molecular formula is C27H34N2O2. The first-order valence-corrected chi connectivity index (χ1v) is 10.9. The molecule has 164 valence electrons. The van der Waals surface area contributed by atoms with Crippen molar-refractivity contribution in [2.45, 2.75) is 55.4 Å². The zero-order chi connectivity index (χ0) is 23.0. The third kappa shape index (κ3) is 4.43. The second-order valence-corrected chi connectivity index (χ2v) is 9.05. The van der Waals surface area contributed by atoms with E-state index in [2.05, 4.69) is 39.8 Å². The molecule has 2 aromatic rings. The van der Waals surface area contributed by atoms with Gasteiger partial charge in [-0.15, -0.1) is 0 Å². The summed E-state index contributed by atoms with van der Waals surface area (Å²) in [5, 5.41) is 0. The summed E-state index contributed by atoms with van der Waals surface area (Å²) >= 11 is 0. The van der Waals surface area contributed by atoms with Crippen molar-refractivity contribution < 1.29 is 9.59 Å². The molecule has 0 bridgehead atoms. The lowest BCUT2D eigenvalue weighted by Gasteiger charge is -2.22. The van der Waals surface area contributed by atoms with Crippen LogP contribution in [0.1, 0.15) is 65.2 Å². The van der Waals surface area contributed by atoms with Crippen molar-refractivity contribution in [3.05, 3.63) is 80.2 Å². The number of benzene rings is 2. The number of nitrogens with zero attached hydrogens (tertiary/aromatic N) is 2. The van der Waals surface area contributed by atoms with Crippen molar-refractivity contribution in [2.75, 3.05) is 19.8 Å². The summed E-state index contributed by atoms with van der Waals surface area (Å²) in [4.78, 5) is 30.2. The van der Waals surface area contributed by atoms with Crippen molar-refractivity contribution in [2.24, 2.45) is 0 Å². The van der Waals surface area contributed by atoms with E-state index in [1.54, 1.807) is 0 Å². The molecule has 1 aliphatic heterocycles. The number of carbonyl (C=O) groups is 2. The largest absolute Gasteiger partial charge is 0.351 e. The monoisotopic (exact) mass is 418 g/mol. The Hall–Kier alpha value is -2.88. The van der Waals surface area contributed by atoms with Crippen LogP contribution in [0, 0.1) is 55.4 Å². The van der Waals surface area contributed by atoms with E-state index in [9.17, 15) is 9.59 Å². The first-order valence-electron chi connectivity index (χ1n) is 10.9. The Bertz CT molecular complexity index is 957. The van der Waals surface area contributed by atoms with E-state index in [0.29, 0.717) is 19.8 Å². The lowest BCUT2D eigenvalue weighted by Crippen LogP contribution is -2.33. The number of hydrogen-bond acceptors (Lipinski definition) is 4. The van der Waals surface area contributed by atoms with Crippen LogP contribution in [0.5, 0.6) is 0 Å². The fourth-order valence-electron chi connectivity index (χ4n) is 4.52. The van der Waals surface area contributed by atoms with Crippen LogP contribution in [-0.2, 0) is 0 Å². The van der Waals surface area contributed by atoms with Crippen LogP contribution in [0.4, 0.5) is 0 Å². The molecule has 31 heavy (non-hydrogen) atoms. The number of hydrogen-bond donors (Lipinski definition) is 0. The predicted octanol–water partition coefficient (Wildman–Crippen LogP) is 5.27. The topological polar surface area (TPSA) is 40.6 Å². The highest BCUT2D eigenvalue weighted by Crippen LogP contribution is 2.24. The van der Waals surface area contributed by atoms with Crippen LogP contribution < -0.4 is 0 Å². The van der Waals surface area contributed by atoms with Crippen molar-refractivity contribution in [3.8, 4) is 0 Å². The SMILES string of the molecule is Cc1cc(C)c(C)c(C(=O)CN2C=CN(CC(=O)c3c(C)c(C)cc(C)c3C)C2)c1C. The Morgan fingerprint density at radius 3 is 1.19 bits per heavy atom. The van der Waals surface area contributed by atoms with Crippen LogP contribution in [0.25, 0.3) is 0 Å². The second-order valence-electron chi connectivity index (χ2n) is 9.05. The molecular weight excluding hydrogens is 384 g/mol. The van der Waals surface area contributed by atoms with E-state index in [-0.39, 0.29) is 11.6 Å². The van der Waals surface area contributed by atoms with Gasteiger partial charge in [0.2, 0.25) is 0 Å². The highest BCUT2D eigenvalue weighted by atomic mass is 16.1. The van der Waals surface area contributed by atoms with Gasteiger partial charge in [0.05, 0.1) is 19.8 Å². The highest BCUT2D eigenvalue weighted by molar-refractivity contribution is 6.01. The Morgan fingerprint density at radius 1 is 0.613 bits per heavy atom. The third-order valence-corrected chi connectivity index (χ3v) is 6.83. The Balaban J connectivity index is 1.70. The van der Waals surface area contributed by atoms with E-state index >= 15 is 0 Å². The normalized spacial score (nSPS) is 13.3. The molecule has 0 aromatic heterocycles. The molecule has 1 heterocycles.